The summed E-state index contributed by atoms with van der Waals surface area (Å²) in [5.74, 6) is -0.0378. The molecule has 1 saturated heterocycles. The largest absolute Gasteiger partial charge is 0.495 e. The SMILES string of the molecule is COc1ccccc1S(=O)(=O)Nc1cccc(OC2CN(C(=O)c3cc(C)ccc3C)CC2C#N)c1. The number of carbonyl (C=O) groups is 1. The molecular formula is C27H27N3O5S. The van der Waals surface area contributed by atoms with Crippen LogP contribution in [0.25, 0.3) is 0 Å². The van der Waals surface area contributed by atoms with E-state index >= 15 is 0 Å². The van der Waals surface area contributed by atoms with Crippen LogP contribution in [-0.2, 0) is 10.0 Å². The number of ether oxygens (including phenoxy) is 2. The molecule has 1 aliphatic rings. The van der Waals surface area contributed by atoms with Crippen molar-refractivity contribution in [2.75, 3.05) is 24.9 Å². The molecule has 1 amide bonds. The monoisotopic (exact) mass is 505 g/mol. The highest BCUT2D eigenvalue weighted by molar-refractivity contribution is 7.92. The zero-order chi connectivity index (χ0) is 25.9. The Labute approximate surface area is 211 Å². The molecule has 4 rings (SSSR count). The normalized spacial score (nSPS) is 17.3. The summed E-state index contributed by atoms with van der Waals surface area (Å²) in [7, 11) is -2.50. The minimum Gasteiger partial charge on any atom is -0.495 e. The molecule has 3 aromatic carbocycles. The molecule has 1 fully saturated rings. The maximum atomic E-state index is 13.2. The molecule has 0 radical (unpaired) electrons. The smallest absolute Gasteiger partial charge is 0.265 e. The second-order valence-electron chi connectivity index (χ2n) is 8.70. The highest BCUT2D eigenvalue weighted by Gasteiger charge is 2.37. The van der Waals surface area contributed by atoms with Gasteiger partial charge in [0.25, 0.3) is 15.9 Å². The van der Waals surface area contributed by atoms with Crippen LogP contribution in [-0.4, -0.2) is 45.5 Å². The quantitative estimate of drug-likeness (QED) is 0.517. The minimum atomic E-state index is -3.91. The molecular weight excluding hydrogens is 478 g/mol. The lowest BCUT2D eigenvalue weighted by Crippen LogP contribution is -2.31. The predicted molar refractivity (Wildman–Crippen MR) is 136 cm³/mol. The lowest BCUT2D eigenvalue weighted by atomic mass is 10.0. The van der Waals surface area contributed by atoms with Gasteiger partial charge in [0, 0.05) is 18.2 Å². The molecule has 0 aromatic heterocycles. The number of para-hydroxylation sites is 1. The van der Waals surface area contributed by atoms with Crippen molar-refractivity contribution in [2.45, 2.75) is 24.8 Å². The fraction of sp³-hybridized carbons (Fsp3) is 0.259. The highest BCUT2D eigenvalue weighted by Crippen LogP contribution is 2.29. The Hall–Kier alpha value is -4.03. The van der Waals surface area contributed by atoms with Crippen LogP contribution >= 0.6 is 0 Å². The van der Waals surface area contributed by atoms with Crippen molar-refractivity contribution in [3.8, 4) is 17.6 Å². The van der Waals surface area contributed by atoms with E-state index in [-0.39, 0.29) is 29.6 Å². The molecule has 9 heteroatoms. The first-order chi connectivity index (χ1) is 17.2. The Balaban J connectivity index is 1.50. The molecule has 3 aromatic rings. The third kappa shape index (κ3) is 5.29. The molecule has 1 N–H and O–H groups in total. The summed E-state index contributed by atoms with van der Waals surface area (Å²) in [4.78, 5) is 14.8. The molecule has 1 aliphatic heterocycles. The Kier molecular flexibility index (Phi) is 7.17. The lowest BCUT2D eigenvalue weighted by molar-refractivity contribution is 0.0771. The molecule has 2 unspecified atom stereocenters. The second-order valence-corrected chi connectivity index (χ2v) is 10.4. The van der Waals surface area contributed by atoms with Crippen LogP contribution < -0.4 is 14.2 Å². The van der Waals surface area contributed by atoms with Crippen molar-refractivity contribution in [3.05, 3.63) is 83.4 Å². The number of amides is 1. The van der Waals surface area contributed by atoms with Crippen LogP contribution in [0.2, 0.25) is 0 Å². The third-order valence-electron chi connectivity index (χ3n) is 6.08. The summed E-state index contributed by atoms with van der Waals surface area (Å²) < 4.78 is 39.6. The number of sulfonamides is 1. The van der Waals surface area contributed by atoms with E-state index in [1.807, 2.05) is 32.0 Å². The summed E-state index contributed by atoms with van der Waals surface area (Å²) in [6, 6.07) is 20.8. The van der Waals surface area contributed by atoms with Gasteiger partial charge in [-0.15, -0.1) is 0 Å². The zero-order valence-electron chi connectivity index (χ0n) is 20.3. The van der Waals surface area contributed by atoms with Gasteiger partial charge in [0.2, 0.25) is 0 Å². The standard InChI is InChI=1S/C27H27N3O5S/c1-18-11-12-19(2)23(13-18)27(31)30-16-20(15-28)25(17-30)35-22-8-6-7-21(14-22)29-36(32,33)26-10-5-4-9-24(26)34-3/h4-14,20,25,29H,16-17H2,1-3H3. The fourth-order valence-electron chi connectivity index (χ4n) is 4.18. The number of hydrogen-bond donors (Lipinski definition) is 1. The van der Waals surface area contributed by atoms with Gasteiger partial charge in [-0.05, 0) is 49.7 Å². The summed E-state index contributed by atoms with van der Waals surface area (Å²) in [6.45, 7) is 4.32. The number of nitrogens with one attached hydrogen (secondary N) is 1. The van der Waals surface area contributed by atoms with Crippen molar-refractivity contribution in [1.29, 1.82) is 5.26 Å². The van der Waals surface area contributed by atoms with Crippen LogP contribution in [0.3, 0.4) is 0 Å². The van der Waals surface area contributed by atoms with E-state index in [0.29, 0.717) is 17.0 Å². The number of nitrogens with zero attached hydrogens (tertiary/aromatic N) is 2. The number of nitriles is 1. The number of benzene rings is 3. The van der Waals surface area contributed by atoms with Gasteiger partial charge in [-0.3, -0.25) is 9.52 Å². The Morgan fingerprint density at radius 1 is 1.06 bits per heavy atom. The third-order valence-corrected chi connectivity index (χ3v) is 7.50. The van der Waals surface area contributed by atoms with Crippen LogP contribution in [0.1, 0.15) is 21.5 Å². The highest BCUT2D eigenvalue weighted by atomic mass is 32.2. The van der Waals surface area contributed by atoms with Gasteiger partial charge in [-0.2, -0.15) is 5.26 Å². The fourth-order valence-corrected chi connectivity index (χ4v) is 5.40. The Morgan fingerprint density at radius 2 is 1.83 bits per heavy atom. The first kappa shape index (κ1) is 25.1. The van der Waals surface area contributed by atoms with Gasteiger partial charge in [0.1, 0.15) is 28.4 Å². The number of methoxy groups -OCH3 is 1. The van der Waals surface area contributed by atoms with Crippen LogP contribution in [0.15, 0.2) is 71.6 Å². The van der Waals surface area contributed by atoms with Crippen molar-refractivity contribution in [3.63, 3.8) is 0 Å². The molecule has 0 aliphatic carbocycles. The molecule has 2 atom stereocenters. The molecule has 0 saturated carbocycles. The van der Waals surface area contributed by atoms with Gasteiger partial charge < -0.3 is 14.4 Å². The van der Waals surface area contributed by atoms with E-state index in [9.17, 15) is 18.5 Å². The first-order valence-corrected chi connectivity index (χ1v) is 12.9. The number of anilines is 1. The summed E-state index contributed by atoms with van der Waals surface area (Å²) in [6.07, 6.45) is -0.551. The van der Waals surface area contributed by atoms with Gasteiger partial charge in [0.15, 0.2) is 0 Å². The average Bonchev–Trinajstić information content (AvgIpc) is 3.27. The zero-order valence-corrected chi connectivity index (χ0v) is 21.1. The molecule has 8 nitrogen and oxygen atoms in total. The molecule has 36 heavy (non-hydrogen) atoms. The molecule has 186 valence electrons. The number of likely N-dealkylation sites (tertiary alicyclic amines) is 1. The van der Waals surface area contributed by atoms with E-state index < -0.39 is 22.0 Å². The van der Waals surface area contributed by atoms with Crippen molar-refractivity contribution in [2.24, 2.45) is 5.92 Å². The minimum absolute atomic E-state index is 0.0137. The van der Waals surface area contributed by atoms with Gasteiger partial charge >= 0.3 is 0 Å². The summed E-state index contributed by atoms with van der Waals surface area (Å²) in [5.41, 5.74) is 2.77. The number of hydrogen-bond acceptors (Lipinski definition) is 6. The van der Waals surface area contributed by atoms with E-state index in [4.69, 9.17) is 9.47 Å². The number of carbonyl (C=O) groups excluding carboxylic acids is 1. The predicted octanol–water partition coefficient (Wildman–Crippen LogP) is 4.16. The summed E-state index contributed by atoms with van der Waals surface area (Å²) in [5, 5.41) is 9.69. The molecule has 0 bridgehead atoms. The van der Waals surface area contributed by atoms with Crippen LogP contribution in [0, 0.1) is 31.1 Å². The van der Waals surface area contributed by atoms with Crippen molar-refractivity contribution in [1.82, 2.24) is 4.90 Å². The maximum absolute atomic E-state index is 13.2. The number of rotatable bonds is 7. The van der Waals surface area contributed by atoms with Crippen molar-refractivity contribution >= 4 is 21.6 Å². The molecule has 0 spiro atoms. The first-order valence-electron chi connectivity index (χ1n) is 11.4. The second kappa shape index (κ2) is 10.3. The Morgan fingerprint density at radius 3 is 2.58 bits per heavy atom. The van der Waals surface area contributed by atoms with E-state index in [1.165, 1.54) is 13.2 Å². The van der Waals surface area contributed by atoms with Gasteiger partial charge in [0.05, 0.1) is 25.4 Å². The van der Waals surface area contributed by atoms with Crippen LogP contribution in [0.5, 0.6) is 11.5 Å². The van der Waals surface area contributed by atoms with E-state index in [1.54, 1.807) is 47.4 Å². The van der Waals surface area contributed by atoms with Crippen LogP contribution in [0.4, 0.5) is 5.69 Å². The van der Waals surface area contributed by atoms with Gasteiger partial charge in [-0.1, -0.05) is 35.9 Å². The summed E-state index contributed by atoms with van der Waals surface area (Å²) >= 11 is 0. The average molecular weight is 506 g/mol. The number of aryl methyl sites for hydroxylation is 2. The van der Waals surface area contributed by atoms with Crippen molar-refractivity contribution < 1.29 is 22.7 Å². The lowest BCUT2D eigenvalue weighted by Gasteiger charge is -2.19. The maximum Gasteiger partial charge on any atom is 0.265 e. The van der Waals surface area contributed by atoms with Gasteiger partial charge in [-0.25, -0.2) is 8.42 Å². The topological polar surface area (TPSA) is 109 Å². The Bertz CT molecular complexity index is 1430. The van der Waals surface area contributed by atoms with E-state index in [0.717, 1.165) is 11.1 Å². The molecule has 1 heterocycles. The van der Waals surface area contributed by atoms with E-state index in [2.05, 4.69) is 10.8 Å².